The monoisotopic (exact) mass is 316 g/mol. The van der Waals surface area contributed by atoms with Crippen molar-refractivity contribution in [2.24, 2.45) is 5.10 Å². The molecule has 0 aliphatic rings. The van der Waals surface area contributed by atoms with Crippen molar-refractivity contribution in [3.63, 3.8) is 0 Å². The maximum absolute atomic E-state index is 6.06. The minimum absolute atomic E-state index is 0.367. The first-order valence-electron chi connectivity index (χ1n) is 6.20. The summed E-state index contributed by atoms with van der Waals surface area (Å²) in [5.74, 6) is 0.540. The molecule has 2 aromatic carbocycles. The van der Waals surface area contributed by atoms with Crippen LogP contribution in [0.4, 0.5) is 5.82 Å². The van der Waals surface area contributed by atoms with Gasteiger partial charge in [0.25, 0.3) is 0 Å². The van der Waals surface area contributed by atoms with Crippen LogP contribution in [0.1, 0.15) is 5.56 Å². The summed E-state index contributed by atoms with van der Waals surface area (Å²) in [7, 11) is 0. The van der Waals surface area contributed by atoms with E-state index in [0.717, 1.165) is 16.3 Å². The fourth-order valence-electron chi connectivity index (χ4n) is 1.90. The fraction of sp³-hybridized carbons (Fsp3) is 0. The van der Waals surface area contributed by atoms with Crippen molar-refractivity contribution in [1.29, 1.82) is 0 Å². The molecule has 0 saturated heterocycles. The molecule has 104 valence electrons. The minimum atomic E-state index is 0.367. The lowest BCUT2D eigenvalue weighted by molar-refractivity contribution is 1.04. The van der Waals surface area contributed by atoms with Crippen LogP contribution in [-0.4, -0.2) is 16.4 Å². The molecule has 3 rings (SSSR count). The van der Waals surface area contributed by atoms with E-state index in [4.69, 9.17) is 23.2 Å². The Labute approximate surface area is 131 Å². The highest BCUT2D eigenvalue weighted by atomic mass is 35.5. The molecule has 1 aromatic heterocycles. The Hall–Kier alpha value is -2.17. The number of aromatic nitrogens is 2. The van der Waals surface area contributed by atoms with Crippen LogP contribution >= 0.6 is 23.2 Å². The topological polar surface area (TPSA) is 50.2 Å². The summed E-state index contributed by atoms with van der Waals surface area (Å²) in [4.78, 5) is 0. The van der Waals surface area contributed by atoms with E-state index in [1.165, 1.54) is 0 Å². The standard InChI is InChI=1S/C15H10Cl2N4/c16-13-8-4-1-5-10(13)9-18-20-15-12-7-3-2-6-11(12)14(17)19-21-15/h1-9H,(H,20,21)/b18-9-. The third kappa shape index (κ3) is 2.96. The van der Waals surface area contributed by atoms with Gasteiger partial charge in [-0.05, 0) is 6.07 Å². The van der Waals surface area contributed by atoms with E-state index in [2.05, 4.69) is 20.7 Å². The smallest absolute Gasteiger partial charge is 0.176 e. The maximum atomic E-state index is 6.06. The quantitative estimate of drug-likeness (QED) is 0.576. The van der Waals surface area contributed by atoms with Gasteiger partial charge < -0.3 is 0 Å². The predicted molar refractivity (Wildman–Crippen MR) is 87.2 cm³/mol. The molecule has 1 heterocycles. The van der Waals surface area contributed by atoms with Gasteiger partial charge in [0, 0.05) is 21.4 Å². The molecule has 6 heteroatoms. The van der Waals surface area contributed by atoms with Gasteiger partial charge in [-0.2, -0.15) is 5.10 Å². The number of nitrogens with zero attached hydrogens (tertiary/aromatic N) is 3. The first kappa shape index (κ1) is 13.8. The zero-order valence-corrected chi connectivity index (χ0v) is 12.3. The molecule has 0 unspecified atom stereocenters. The Bertz CT molecular complexity index is 818. The zero-order valence-electron chi connectivity index (χ0n) is 10.8. The van der Waals surface area contributed by atoms with E-state index >= 15 is 0 Å². The lowest BCUT2D eigenvalue weighted by atomic mass is 10.2. The van der Waals surface area contributed by atoms with Crippen LogP contribution in [0.15, 0.2) is 53.6 Å². The van der Waals surface area contributed by atoms with E-state index in [1.807, 2.05) is 42.5 Å². The number of hydrogen-bond acceptors (Lipinski definition) is 4. The van der Waals surface area contributed by atoms with Crippen LogP contribution in [-0.2, 0) is 0 Å². The molecule has 0 radical (unpaired) electrons. The molecule has 1 N–H and O–H groups in total. The molecule has 0 aliphatic carbocycles. The van der Waals surface area contributed by atoms with Crippen LogP contribution < -0.4 is 5.43 Å². The molecule has 0 spiro atoms. The normalized spacial score (nSPS) is 11.1. The van der Waals surface area contributed by atoms with E-state index < -0.39 is 0 Å². The predicted octanol–water partition coefficient (Wildman–Crippen LogP) is 4.38. The van der Waals surface area contributed by atoms with E-state index in [9.17, 15) is 0 Å². The Morgan fingerprint density at radius 1 is 0.905 bits per heavy atom. The summed E-state index contributed by atoms with van der Waals surface area (Å²) < 4.78 is 0. The fourth-order valence-corrected chi connectivity index (χ4v) is 2.28. The molecule has 0 fully saturated rings. The summed E-state index contributed by atoms with van der Waals surface area (Å²) in [5.41, 5.74) is 3.69. The lowest BCUT2D eigenvalue weighted by Crippen LogP contribution is -1.97. The lowest BCUT2D eigenvalue weighted by Gasteiger charge is -2.04. The highest BCUT2D eigenvalue weighted by Crippen LogP contribution is 2.25. The van der Waals surface area contributed by atoms with Gasteiger partial charge in [-0.15, -0.1) is 10.2 Å². The van der Waals surface area contributed by atoms with Gasteiger partial charge in [0.1, 0.15) is 0 Å². The van der Waals surface area contributed by atoms with Gasteiger partial charge in [-0.25, -0.2) is 0 Å². The largest absolute Gasteiger partial charge is 0.259 e. The molecule has 0 aliphatic heterocycles. The highest BCUT2D eigenvalue weighted by Gasteiger charge is 2.06. The number of hydrazone groups is 1. The van der Waals surface area contributed by atoms with E-state index in [0.29, 0.717) is 16.0 Å². The average Bonchev–Trinajstić information content (AvgIpc) is 2.52. The van der Waals surface area contributed by atoms with Crippen LogP contribution in [0.5, 0.6) is 0 Å². The molecule has 0 bridgehead atoms. The van der Waals surface area contributed by atoms with Gasteiger partial charge in [0.15, 0.2) is 11.0 Å². The van der Waals surface area contributed by atoms with Crippen LogP contribution in [0.3, 0.4) is 0 Å². The number of halogens is 2. The third-order valence-corrected chi connectivity index (χ3v) is 3.54. The number of benzene rings is 2. The molecule has 0 atom stereocenters. The molecule has 0 saturated carbocycles. The summed E-state index contributed by atoms with van der Waals surface area (Å²) in [5, 5.41) is 14.8. The summed E-state index contributed by atoms with van der Waals surface area (Å²) in [6, 6.07) is 15.0. The Kier molecular flexibility index (Phi) is 3.99. The number of fused-ring (bicyclic) bond motifs is 1. The van der Waals surface area contributed by atoms with Gasteiger partial charge in [-0.1, -0.05) is 65.7 Å². The van der Waals surface area contributed by atoms with Crippen molar-refractivity contribution >= 4 is 46.0 Å². The minimum Gasteiger partial charge on any atom is -0.259 e. The van der Waals surface area contributed by atoms with Crippen LogP contribution in [0, 0.1) is 0 Å². The van der Waals surface area contributed by atoms with Gasteiger partial charge in [0.2, 0.25) is 0 Å². The molecule has 0 amide bonds. The number of anilines is 1. The van der Waals surface area contributed by atoms with Crippen molar-refractivity contribution in [2.45, 2.75) is 0 Å². The first-order valence-corrected chi connectivity index (χ1v) is 6.96. The highest BCUT2D eigenvalue weighted by molar-refractivity contribution is 6.34. The SMILES string of the molecule is Clc1ccccc1/C=N\Nc1nnc(Cl)c2ccccc12. The third-order valence-electron chi connectivity index (χ3n) is 2.92. The Morgan fingerprint density at radius 3 is 2.43 bits per heavy atom. The van der Waals surface area contributed by atoms with Gasteiger partial charge in [0.05, 0.1) is 6.21 Å². The van der Waals surface area contributed by atoms with E-state index in [-0.39, 0.29) is 0 Å². The summed E-state index contributed by atoms with van der Waals surface area (Å²) in [6.07, 6.45) is 1.63. The van der Waals surface area contributed by atoms with Crippen molar-refractivity contribution in [3.8, 4) is 0 Å². The van der Waals surface area contributed by atoms with Crippen molar-refractivity contribution in [1.82, 2.24) is 10.2 Å². The first-order chi connectivity index (χ1) is 10.3. The van der Waals surface area contributed by atoms with Crippen molar-refractivity contribution in [2.75, 3.05) is 5.43 Å². The van der Waals surface area contributed by atoms with Crippen molar-refractivity contribution < 1.29 is 0 Å². The zero-order chi connectivity index (χ0) is 14.7. The van der Waals surface area contributed by atoms with E-state index in [1.54, 1.807) is 12.3 Å². The second-order valence-corrected chi connectivity index (χ2v) is 5.04. The molecular weight excluding hydrogens is 307 g/mol. The second kappa shape index (κ2) is 6.08. The van der Waals surface area contributed by atoms with Crippen LogP contribution in [0.2, 0.25) is 10.2 Å². The Balaban J connectivity index is 1.89. The average molecular weight is 317 g/mol. The molecule has 4 nitrogen and oxygen atoms in total. The Morgan fingerprint density at radius 2 is 1.62 bits per heavy atom. The molecular formula is C15H10Cl2N4. The van der Waals surface area contributed by atoms with Gasteiger partial charge in [-0.3, -0.25) is 5.43 Å². The van der Waals surface area contributed by atoms with Crippen LogP contribution in [0.25, 0.3) is 10.8 Å². The summed E-state index contributed by atoms with van der Waals surface area (Å²) >= 11 is 12.1. The number of hydrogen-bond donors (Lipinski definition) is 1. The maximum Gasteiger partial charge on any atom is 0.176 e. The number of rotatable bonds is 3. The van der Waals surface area contributed by atoms with Crippen molar-refractivity contribution in [3.05, 3.63) is 64.3 Å². The number of nitrogens with one attached hydrogen (secondary N) is 1. The van der Waals surface area contributed by atoms with Gasteiger partial charge >= 0.3 is 0 Å². The molecule has 3 aromatic rings. The molecule has 21 heavy (non-hydrogen) atoms. The summed E-state index contributed by atoms with van der Waals surface area (Å²) in [6.45, 7) is 0. The second-order valence-electron chi connectivity index (χ2n) is 4.28.